The van der Waals surface area contributed by atoms with Gasteiger partial charge in [-0.1, -0.05) is 0 Å². The molecule has 0 aliphatic carbocycles. The van der Waals surface area contributed by atoms with Gasteiger partial charge in [-0.3, -0.25) is 19.5 Å². The molecule has 15 nitrogen and oxygen atoms in total. The van der Waals surface area contributed by atoms with Crippen LogP contribution in [0.4, 0.5) is 11.5 Å². The highest BCUT2D eigenvalue weighted by Gasteiger charge is 2.45. The molecule has 1 aromatic carbocycles. The number of nitro groups is 1. The maximum absolute atomic E-state index is 12.3. The SMILES string of the molecule is N#Cc1cn([C@@H]2OC(COP(=O)(O)Oc3ccc([N+](=O)[O-])cc3)[C@@H](O)[C@H]2O)c2ncnc(N)c12. The molecule has 4 rings (SSSR count). The molecule has 0 amide bonds. The molecule has 5 atom stereocenters. The first kappa shape index (κ1) is 23.5. The molecule has 2 unspecified atom stereocenters. The molecule has 16 heteroatoms. The first-order chi connectivity index (χ1) is 16.1. The lowest BCUT2D eigenvalue weighted by Gasteiger charge is -2.18. The Balaban J connectivity index is 1.47. The summed E-state index contributed by atoms with van der Waals surface area (Å²) in [4.78, 5) is 27.9. The van der Waals surface area contributed by atoms with Crippen LogP contribution in [0.15, 0.2) is 36.8 Å². The predicted molar refractivity (Wildman–Crippen MR) is 112 cm³/mol. The molecule has 3 heterocycles. The number of nitro benzene ring substituents is 1. The molecule has 1 aliphatic rings. The highest BCUT2D eigenvalue weighted by molar-refractivity contribution is 7.47. The second kappa shape index (κ2) is 8.95. The number of benzene rings is 1. The van der Waals surface area contributed by atoms with Crippen molar-refractivity contribution in [2.45, 2.75) is 24.5 Å². The molecular formula is C18H17N6O9P. The number of phosphoric acid groups is 1. The van der Waals surface area contributed by atoms with E-state index in [1.54, 1.807) is 0 Å². The number of nitrogens with two attached hydrogens (primary N) is 1. The summed E-state index contributed by atoms with van der Waals surface area (Å²) in [5.74, 6) is -0.125. The van der Waals surface area contributed by atoms with Gasteiger partial charge in [0.1, 0.15) is 47.9 Å². The molecule has 1 saturated heterocycles. The average molecular weight is 492 g/mol. The molecule has 0 radical (unpaired) electrons. The number of phosphoric ester groups is 1. The van der Waals surface area contributed by atoms with Crippen LogP contribution in [0.2, 0.25) is 0 Å². The van der Waals surface area contributed by atoms with Gasteiger partial charge in [0.2, 0.25) is 0 Å². The van der Waals surface area contributed by atoms with Crippen LogP contribution in [-0.2, 0) is 13.8 Å². The molecule has 0 saturated carbocycles. The minimum atomic E-state index is -4.72. The lowest BCUT2D eigenvalue weighted by Crippen LogP contribution is -2.33. The Morgan fingerprint density at radius 2 is 2.00 bits per heavy atom. The van der Waals surface area contributed by atoms with Crippen molar-refractivity contribution >= 4 is 30.4 Å². The molecule has 2 aromatic heterocycles. The summed E-state index contributed by atoms with van der Waals surface area (Å²) in [5.41, 5.74) is 5.88. The number of non-ortho nitro benzene ring substituents is 1. The zero-order valence-corrected chi connectivity index (χ0v) is 17.9. The first-order valence-corrected chi connectivity index (χ1v) is 11.0. The molecular weight excluding hydrogens is 475 g/mol. The molecule has 3 aromatic rings. The number of hydrogen-bond acceptors (Lipinski definition) is 12. The van der Waals surface area contributed by atoms with Gasteiger partial charge in [-0.25, -0.2) is 14.5 Å². The number of aliphatic hydroxyl groups excluding tert-OH is 2. The number of aliphatic hydroxyl groups is 2. The summed E-state index contributed by atoms with van der Waals surface area (Å²) >= 11 is 0. The van der Waals surface area contributed by atoms with Crippen LogP contribution in [-0.4, -0.2) is 59.5 Å². The number of fused-ring (bicyclic) bond motifs is 1. The Morgan fingerprint density at radius 1 is 1.29 bits per heavy atom. The predicted octanol–water partition coefficient (Wildman–Crippen LogP) is 0.609. The van der Waals surface area contributed by atoms with E-state index in [2.05, 4.69) is 9.97 Å². The van der Waals surface area contributed by atoms with Crippen molar-refractivity contribution in [3.8, 4) is 11.8 Å². The van der Waals surface area contributed by atoms with Crippen LogP contribution >= 0.6 is 7.82 Å². The molecule has 178 valence electrons. The van der Waals surface area contributed by atoms with E-state index in [4.69, 9.17) is 19.5 Å². The summed E-state index contributed by atoms with van der Waals surface area (Å²) in [5, 5.41) is 41.2. The van der Waals surface area contributed by atoms with Gasteiger partial charge in [0, 0.05) is 18.3 Å². The van der Waals surface area contributed by atoms with Crippen LogP contribution in [0, 0.1) is 21.4 Å². The maximum Gasteiger partial charge on any atom is 0.527 e. The summed E-state index contributed by atoms with van der Waals surface area (Å²) in [6, 6.07) is 6.32. The molecule has 0 bridgehead atoms. The molecule has 5 N–H and O–H groups in total. The van der Waals surface area contributed by atoms with Gasteiger partial charge in [-0.2, -0.15) is 5.26 Å². The van der Waals surface area contributed by atoms with Crippen molar-refractivity contribution in [1.82, 2.24) is 14.5 Å². The van der Waals surface area contributed by atoms with Gasteiger partial charge < -0.3 is 29.8 Å². The molecule has 1 aliphatic heterocycles. The number of nitrogen functional groups attached to an aromatic ring is 1. The van der Waals surface area contributed by atoms with Crippen LogP contribution in [0.25, 0.3) is 11.0 Å². The van der Waals surface area contributed by atoms with Gasteiger partial charge in [-0.15, -0.1) is 0 Å². The smallest absolute Gasteiger partial charge is 0.404 e. The number of nitrogens with zero attached hydrogens (tertiary/aromatic N) is 5. The second-order valence-corrected chi connectivity index (χ2v) is 8.55. The van der Waals surface area contributed by atoms with Gasteiger partial charge >= 0.3 is 7.82 Å². The lowest BCUT2D eigenvalue weighted by molar-refractivity contribution is -0.384. The monoisotopic (exact) mass is 492 g/mol. The molecule has 1 fully saturated rings. The Labute approximate surface area is 190 Å². The van der Waals surface area contributed by atoms with Gasteiger partial charge in [0.25, 0.3) is 5.69 Å². The summed E-state index contributed by atoms with van der Waals surface area (Å²) in [6.45, 7) is -0.656. The third kappa shape index (κ3) is 4.41. The van der Waals surface area contributed by atoms with E-state index in [0.717, 1.165) is 30.6 Å². The van der Waals surface area contributed by atoms with Crippen LogP contribution in [0.5, 0.6) is 5.75 Å². The third-order valence-electron chi connectivity index (χ3n) is 5.04. The van der Waals surface area contributed by atoms with E-state index < -0.39 is 43.9 Å². The number of anilines is 1. The van der Waals surface area contributed by atoms with Crippen molar-refractivity contribution in [3.63, 3.8) is 0 Å². The number of rotatable bonds is 7. The summed E-state index contributed by atoms with van der Waals surface area (Å²) < 4.78 is 28.9. The Morgan fingerprint density at radius 3 is 2.65 bits per heavy atom. The van der Waals surface area contributed by atoms with E-state index in [9.17, 15) is 35.0 Å². The van der Waals surface area contributed by atoms with Crippen LogP contribution in [0.3, 0.4) is 0 Å². The number of ether oxygens (including phenoxy) is 1. The van der Waals surface area contributed by atoms with E-state index in [0.29, 0.717) is 0 Å². The van der Waals surface area contributed by atoms with E-state index >= 15 is 0 Å². The quantitative estimate of drug-likeness (QED) is 0.201. The van der Waals surface area contributed by atoms with E-state index in [1.165, 1.54) is 10.8 Å². The molecule has 0 spiro atoms. The Bertz CT molecular complexity index is 1320. The van der Waals surface area contributed by atoms with Crippen molar-refractivity contribution < 1.29 is 38.4 Å². The minimum Gasteiger partial charge on any atom is -0.404 e. The van der Waals surface area contributed by atoms with Crippen molar-refractivity contribution in [2.24, 2.45) is 0 Å². The molecule has 34 heavy (non-hydrogen) atoms. The minimum absolute atomic E-state index is 0.0397. The van der Waals surface area contributed by atoms with Gasteiger partial charge in [0.05, 0.1) is 22.5 Å². The number of aromatic nitrogens is 3. The zero-order valence-electron chi connectivity index (χ0n) is 17.0. The average Bonchev–Trinajstić information content (AvgIpc) is 3.31. The summed E-state index contributed by atoms with van der Waals surface area (Å²) in [6.07, 6.45) is -3.05. The van der Waals surface area contributed by atoms with E-state index in [1.807, 2.05) is 6.07 Å². The van der Waals surface area contributed by atoms with Crippen molar-refractivity contribution in [1.29, 1.82) is 5.26 Å². The Kier molecular flexibility index (Phi) is 6.19. The van der Waals surface area contributed by atoms with Gasteiger partial charge in [-0.05, 0) is 12.1 Å². The fourth-order valence-corrected chi connectivity index (χ4v) is 4.22. The normalized spacial score (nSPS) is 23.9. The third-order valence-corrected chi connectivity index (χ3v) is 5.96. The standard InChI is InChI=1S/C18H17N6O9P/c19-5-9-6-23(17-13(9)16(20)21-8-22-17)18-15(26)14(25)12(32-18)7-31-34(29,30)33-11-3-1-10(2-4-11)24(27)28/h1-4,6,8,12,14-15,18,25-26H,7H2,(H,29,30)(H2,20,21,22)/t12?,14-,15-,18-/m1/s1. The highest BCUT2D eigenvalue weighted by atomic mass is 31.2. The van der Waals surface area contributed by atoms with Crippen molar-refractivity contribution in [3.05, 3.63) is 52.5 Å². The fourth-order valence-electron chi connectivity index (χ4n) is 3.44. The second-order valence-electron chi connectivity index (χ2n) is 7.17. The summed E-state index contributed by atoms with van der Waals surface area (Å²) in [7, 11) is -4.72. The topological polar surface area (TPSA) is 229 Å². The zero-order chi connectivity index (χ0) is 24.6. The van der Waals surface area contributed by atoms with Crippen LogP contribution in [0.1, 0.15) is 11.8 Å². The number of nitriles is 1. The maximum atomic E-state index is 12.3. The van der Waals surface area contributed by atoms with E-state index in [-0.39, 0.29) is 33.9 Å². The Hall–Kier alpha value is -3.64. The first-order valence-electron chi connectivity index (χ1n) is 9.55. The van der Waals surface area contributed by atoms with Gasteiger partial charge in [0.15, 0.2) is 6.23 Å². The highest BCUT2D eigenvalue weighted by Crippen LogP contribution is 2.45. The largest absolute Gasteiger partial charge is 0.527 e. The lowest BCUT2D eigenvalue weighted by atomic mass is 10.1. The van der Waals surface area contributed by atoms with Crippen molar-refractivity contribution in [2.75, 3.05) is 12.3 Å². The fraction of sp³-hybridized carbons (Fsp3) is 0.278. The van der Waals surface area contributed by atoms with Crippen LogP contribution < -0.4 is 10.3 Å². The number of hydrogen-bond donors (Lipinski definition) is 4.